The molecule has 0 spiro atoms. The van der Waals surface area contributed by atoms with Crippen LogP contribution in [-0.4, -0.2) is 36.4 Å². The van der Waals surface area contributed by atoms with Gasteiger partial charge in [0, 0.05) is 31.5 Å². The van der Waals surface area contributed by atoms with Crippen molar-refractivity contribution in [2.75, 3.05) is 29.9 Å². The predicted octanol–water partition coefficient (Wildman–Crippen LogP) is 2.67. The number of anilines is 2. The van der Waals surface area contributed by atoms with Gasteiger partial charge in [-0.3, -0.25) is 9.59 Å². The minimum absolute atomic E-state index is 0.377. The van der Waals surface area contributed by atoms with Crippen LogP contribution < -0.4 is 15.5 Å². The minimum atomic E-state index is -0.616. The Morgan fingerprint density at radius 2 is 1.85 bits per heavy atom. The second kappa shape index (κ2) is 8.66. The van der Waals surface area contributed by atoms with Crippen LogP contribution in [0.4, 0.5) is 11.5 Å². The second-order valence-electron chi connectivity index (χ2n) is 7.03. The van der Waals surface area contributed by atoms with Crippen LogP contribution in [0.15, 0.2) is 42.6 Å². The molecular weight excluding hydrogens is 340 g/mol. The first-order chi connectivity index (χ1) is 13.0. The van der Waals surface area contributed by atoms with Crippen LogP contribution in [0.3, 0.4) is 0 Å². The van der Waals surface area contributed by atoms with E-state index in [-0.39, 0.29) is 0 Å². The number of hydrogen-bond donors (Lipinski definition) is 2. The third kappa shape index (κ3) is 4.84. The highest BCUT2D eigenvalue weighted by atomic mass is 16.2. The molecule has 0 saturated carbocycles. The van der Waals surface area contributed by atoms with Crippen molar-refractivity contribution in [3.8, 4) is 0 Å². The van der Waals surface area contributed by atoms with Crippen LogP contribution in [0.2, 0.25) is 0 Å². The Bertz CT molecular complexity index is 799. The zero-order chi connectivity index (χ0) is 19.2. The molecule has 0 radical (unpaired) electrons. The standard InChI is InChI=1S/C21H26N4O2/c1-15-6-5-7-18(16(15)2)24-21(27)20(26)23-14-17-9-12-25(13-10-17)19-8-3-4-11-22-19/h3-8,11,17H,9-10,12-14H2,1-2H3,(H,23,26)(H,24,27). The fourth-order valence-electron chi connectivity index (χ4n) is 3.29. The number of nitrogens with zero attached hydrogens (tertiary/aromatic N) is 2. The van der Waals surface area contributed by atoms with E-state index in [1.807, 2.05) is 44.2 Å². The molecule has 142 valence electrons. The highest BCUT2D eigenvalue weighted by molar-refractivity contribution is 6.39. The Labute approximate surface area is 160 Å². The predicted molar refractivity (Wildman–Crippen MR) is 107 cm³/mol. The summed E-state index contributed by atoms with van der Waals surface area (Å²) in [6.45, 7) is 6.24. The van der Waals surface area contributed by atoms with E-state index in [4.69, 9.17) is 0 Å². The second-order valence-corrected chi connectivity index (χ2v) is 7.03. The number of pyridine rings is 1. The molecule has 1 aliphatic rings. The summed E-state index contributed by atoms with van der Waals surface area (Å²) in [7, 11) is 0. The van der Waals surface area contributed by atoms with Gasteiger partial charge >= 0.3 is 11.8 Å². The molecule has 1 aromatic carbocycles. The summed E-state index contributed by atoms with van der Waals surface area (Å²) in [5, 5.41) is 5.48. The van der Waals surface area contributed by atoms with Crippen molar-refractivity contribution in [1.82, 2.24) is 10.3 Å². The number of benzene rings is 1. The lowest BCUT2D eigenvalue weighted by molar-refractivity contribution is -0.136. The van der Waals surface area contributed by atoms with E-state index in [1.165, 1.54) is 0 Å². The quantitative estimate of drug-likeness (QED) is 0.816. The van der Waals surface area contributed by atoms with Crippen molar-refractivity contribution in [3.05, 3.63) is 53.7 Å². The molecule has 6 heteroatoms. The van der Waals surface area contributed by atoms with E-state index in [9.17, 15) is 9.59 Å². The van der Waals surface area contributed by atoms with Crippen molar-refractivity contribution in [1.29, 1.82) is 0 Å². The Kier molecular flexibility index (Phi) is 6.06. The molecular formula is C21H26N4O2. The first-order valence-corrected chi connectivity index (χ1v) is 9.36. The van der Waals surface area contributed by atoms with Gasteiger partial charge in [-0.25, -0.2) is 4.98 Å². The van der Waals surface area contributed by atoms with E-state index >= 15 is 0 Å². The topological polar surface area (TPSA) is 74.3 Å². The molecule has 6 nitrogen and oxygen atoms in total. The van der Waals surface area contributed by atoms with Crippen LogP contribution >= 0.6 is 0 Å². The molecule has 0 aliphatic carbocycles. The first-order valence-electron chi connectivity index (χ1n) is 9.36. The van der Waals surface area contributed by atoms with Gasteiger partial charge in [0.05, 0.1) is 0 Å². The van der Waals surface area contributed by atoms with Crippen LogP contribution in [0.25, 0.3) is 0 Å². The number of aromatic nitrogens is 1. The van der Waals surface area contributed by atoms with Crippen LogP contribution in [0, 0.1) is 19.8 Å². The fourth-order valence-corrected chi connectivity index (χ4v) is 3.29. The molecule has 2 amide bonds. The summed E-state index contributed by atoms with van der Waals surface area (Å²) in [6, 6.07) is 11.6. The summed E-state index contributed by atoms with van der Waals surface area (Å²) in [5.41, 5.74) is 2.73. The summed E-state index contributed by atoms with van der Waals surface area (Å²) in [6.07, 6.45) is 3.74. The number of hydrogen-bond acceptors (Lipinski definition) is 4. The Morgan fingerprint density at radius 3 is 2.56 bits per heavy atom. The largest absolute Gasteiger partial charge is 0.357 e. The maximum Gasteiger partial charge on any atom is 0.313 e. The zero-order valence-corrected chi connectivity index (χ0v) is 15.9. The normalized spacial score (nSPS) is 14.7. The Balaban J connectivity index is 1.44. The number of amides is 2. The summed E-state index contributed by atoms with van der Waals surface area (Å²) >= 11 is 0. The van der Waals surface area contributed by atoms with Gasteiger partial charge in [-0.15, -0.1) is 0 Å². The molecule has 2 aromatic rings. The number of aryl methyl sites for hydroxylation is 1. The fraction of sp³-hybridized carbons (Fsp3) is 0.381. The zero-order valence-electron chi connectivity index (χ0n) is 15.9. The molecule has 1 saturated heterocycles. The van der Waals surface area contributed by atoms with Gasteiger partial charge in [0.2, 0.25) is 0 Å². The molecule has 1 aliphatic heterocycles. The van der Waals surface area contributed by atoms with E-state index in [0.717, 1.165) is 42.9 Å². The highest BCUT2D eigenvalue weighted by Gasteiger charge is 2.22. The van der Waals surface area contributed by atoms with E-state index in [2.05, 4.69) is 20.5 Å². The smallest absolute Gasteiger partial charge is 0.313 e. The first kappa shape index (κ1) is 18.9. The average molecular weight is 366 g/mol. The van der Waals surface area contributed by atoms with Crippen molar-refractivity contribution in [2.45, 2.75) is 26.7 Å². The molecule has 1 fully saturated rings. The number of nitrogens with one attached hydrogen (secondary N) is 2. The molecule has 0 bridgehead atoms. The molecule has 0 unspecified atom stereocenters. The van der Waals surface area contributed by atoms with Crippen LogP contribution in [0.1, 0.15) is 24.0 Å². The van der Waals surface area contributed by atoms with Gasteiger partial charge in [-0.1, -0.05) is 18.2 Å². The molecule has 2 N–H and O–H groups in total. The maximum atomic E-state index is 12.1. The SMILES string of the molecule is Cc1cccc(NC(=O)C(=O)NCC2CCN(c3ccccn3)CC2)c1C. The van der Waals surface area contributed by atoms with Crippen LogP contribution in [-0.2, 0) is 9.59 Å². The molecule has 0 atom stereocenters. The van der Waals surface area contributed by atoms with Crippen molar-refractivity contribution < 1.29 is 9.59 Å². The lowest BCUT2D eigenvalue weighted by Crippen LogP contribution is -2.42. The van der Waals surface area contributed by atoms with Crippen molar-refractivity contribution in [2.24, 2.45) is 5.92 Å². The Morgan fingerprint density at radius 1 is 1.07 bits per heavy atom. The number of rotatable bonds is 4. The summed E-state index contributed by atoms with van der Waals surface area (Å²) < 4.78 is 0. The van der Waals surface area contributed by atoms with E-state index < -0.39 is 11.8 Å². The molecule has 1 aromatic heterocycles. The van der Waals surface area contributed by atoms with Gasteiger partial charge in [0.15, 0.2) is 0 Å². The monoisotopic (exact) mass is 366 g/mol. The van der Waals surface area contributed by atoms with E-state index in [0.29, 0.717) is 18.2 Å². The Hall–Kier alpha value is -2.89. The highest BCUT2D eigenvalue weighted by Crippen LogP contribution is 2.21. The van der Waals surface area contributed by atoms with Gasteiger partial charge in [0.25, 0.3) is 0 Å². The van der Waals surface area contributed by atoms with Gasteiger partial charge < -0.3 is 15.5 Å². The molecule has 27 heavy (non-hydrogen) atoms. The van der Waals surface area contributed by atoms with Crippen molar-refractivity contribution in [3.63, 3.8) is 0 Å². The summed E-state index contributed by atoms with van der Waals surface area (Å²) in [5.74, 6) is 0.174. The van der Waals surface area contributed by atoms with Crippen LogP contribution in [0.5, 0.6) is 0 Å². The number of carbonyl (C=O) groups is 2. The maximum absolute atomic E-state index is 12.1. The summed E-state index contributed by atoms with van der Waals surface area (Å²) in [4.78, 5) is 30.9. The molecule has 3 rings (SSSR count). The lowest BCUT2D eigenvalue weighted by Gasteiger charge is -2.32. The van der Waals surface area contributed by atoms with Gasteiger partial charge in [-0.2, -0.15) is 0 Å². The van der Waals surface area contributed by atoms with Crippen molar-refractivity contribution >= 4 is 23.3 Å². The average Bonchev–Trinajstić information content (AvgIpc) is 2.70. The molecule has 2 heterocycles. The van der Waals surface area contributed by atoms with Gasteiger partial charge in [-0.05, 0) is 61.9 Å². The lowest BCUT2D eigenvalue weighted by atomic mass is 9.97. The third-order valence-corrected chi connectivity index (χ3v) is 5.20. The van der Waals surface area contributed by atoms with E-state index in [1.54, 1.807) is 12.3 Å². The van der Waals surface area contributed by atoms with Gasteiger partial charge in [0.1, 0.15) is 5.82 Å². The number of carbonyl (C=O) groups excluding carboxylic acids is 2. The minimum Gasteiger partial charge on any atom is -0.357 e. The third-order valence-electron chi connectivity index (χ3n) is 5.20. The number of piperidine rings is 1.